The number of allylic oxidation sites excluding steroid dienone is 5. The van der Waals surface area contributed by atoms with Gasteiger partial charge in [0.05, 0.1) is 24.3 Å². The van der Waals surface area contributed by atoms with Gasteiger partial charge < -0.3 is 9.47 Å². The van der Waals surface area contributed by atoms with Crippen molar-refractivity contribution in [3.63, 3.8) is 0 Å². The number of carbonyl (C=O) groups excluding carboxylic acids is 3. The van der Waals surface area contributed by atoms with Crippen LogP contribution in [0.5, 0.6) is 0 Å². The molecular formula is C37H46O5. The van der Waals surface area contributed by atoms with Gasteiger partial charge in [-0.25, -0.2) is 9.59 Å². The molecule has 5 nitrogen and oxygen atoms in total. The number of esters is 2. The van der Waals surface area contributed by atoms with Gasteiger partial charge in [-0.3, -0.25) is 4.79 Å². The first-order valence-corrected chi connectivity index (χ1v) is 15.7. The van der Waals surface area contributed by atoms with Gasteiger partial charge in [-0.05, 0) is 53.8 Å². The molecule has 0 atom stereocenters. The molecule has 4 rings (SSSR count). The van der Waals surface area contributed by atoms with Crippen LogP contribution in [0.3, 0.4) is 0 Å². The molecule has 0 saturated carbocycles. The van der Waals surface area contributed by atoms with Crippen LogP contribution in [0.15, 0.2) is 72.3 Å². The Bertz CT molecular complexity index is 1220. The van der Waals surface area contributed by atoms with Crippen LogP contribution in [0.2, 0.25) is 0 Å². The van der Waals surface area contributed by atoms with Crippen molar-refractivity contribution < 1.29 is 23.9 Å². The van der Waals surface area contributed by atoms with Crippen molar-refractivity contribution in [3.05, 3.63) is 94.6 Å². The summed E-state index contributed by atoms with van der Waals surface area (Å²) in [5, 5.41) is 0. The molecule has 0 bridgehead atoms. The first-order valence-electron chi connectivity index (χ1n) is 15.7. The minimum Gasteiger partial charge on any atom is -0.462 e. The van der Waals surface area contributed by atoms with Gasteiger partial charge in [0.1, 0.15) is 0 Å². The summed E-state index contributed by atoms with van der Waals surface area (Å²) in [6.07, 6.45) is 21.0. The van der Waals surface area contributed by atoms with E-state index in [1.807, 2.05) is 36.4 Å². The molecule has 0 radical (unpaired) electrons. The molecular weight excluding hydrogens is 524 g/mol. The Hall–Kier alpha value is -3.73. The number of ketones is 1. The first-order chi connectivity index (χ1) is 20.6. The van der Waals surface area contributed by atoms with Gasteiger partial charge in [-0.15, -0.1) is 0 Å². The third kappa shape index (κ3) is 10.3. The third-order valence-electron chi connectivity index (χ3n) is 7.45. The van der Waals surface area contributed by atoms with Crippen molar-refractivity contribution in [1.29, 1.82) is 0 Å². The SMILES string of the molecule is CCCCCCCCOC(=O)c1ccccc1C(=O)OCCCCCCCC.O=C1C=CC=C2C1=Cc1ccccc12. The molecule has 0 aliphatic heterocycles. The molecule has 2 aliphatic carbocycles. The summed E-state index contributed by atoms with van der Waals surface area (Å²) in [5.41, 5.74) is 4.79. The molecule has 0 saturated heterocycles. The second kappa shape index (κ2) is 18.7. The smallest absolute Gasteiger partial charge is 0.339 e. The maximum Gasteiger partial charge on any atom is 0.339 e. The number of hydrogen-bond acceptors (Lipinski definition) is 5. The number of ether oxygens (including phenoxy) is 2. The molecule has 0 amide bonds. The summed E-state index contributed by atoms with van der Waals surface area (Å²) in [5.74, 6) is -0.778. The van der Waals surface area contributed by atoms with E-state index in [1.165, 1.54) is 56.9 Å². The zero-order valence-electron chi connectivity index (χ0n) is 25.4. The lowest BCUT2D eigenvalue weighted by Crippen LogP contribution is -2.15. The topological polar surface area (TPSA) is 69.7 Å². The number of rotatable bonds is 16. The summed E-state index contributed by atoms with van der Waals surface area (Å²) < 4.78 is 10.7. The van der Waals surface area contributed by atoms with E-state index in [1.54, 1.807) is 30.3 Å². The zero-order valence-corrected chi connectivity index (χ0v) is 25.4. The van der Waals surface area contributed by atoms with Crippen LogP contribution in [0, 0.1) is 0 Å². The van der Waals surface area contributed by atoms with Gasteiger partial charge in [-0.2, -0.15) is 0 Å². The molecule has 42 heavy (non-hydrogen) atoms. The molecule has 0 N–H and O–H groups in total. The fourth-order valence-electron chi connectivity index (χ4n) is 5.04. The number of hydrogen-bond donors (Lipinski definition) is 0. The normalized spacial score (nSPS) is 12.9. The Kier molecular flexibility index (Phi) is 14.6. The standard InChI is InChI=1S/C24H38O4.C13H8O/c1-3-5-7-9-11-15-19-27-23(25)21-17-13-14-18-22(21)24(26)28-20-16-12-10-8-6-4-2;14-13-7-3-6-11-10-5-2-1-4-9(10)8-12(11)13/h13-14,17-18H,3-12,15-16,19-20H2,1-2H3;1-8H. The zero-order chi connectivity index (χ0) is 30.0. The van der Waals surface area contributed by atoms with Crippen LogP contribution in [-0.2, 0) is 14.3 Å². The molecule has 0 heterocycles. The third-order valence-corrected chi connectivity index (χ3v) is 7.45. The van der Waals surface area contributed by atoms with E-state index < -0.39 is 11.9 Å². The highest BCUT2D eigenvalue weighted by molar-refractivity contribution is 6.23. The Morgan fingerprint density at radius 3 is 1.69 bits per heavy atom. The lowest BCUT2D eigenvalue weighted by atomic mass is 9.96. The van der Waals surface area contributed by atoms with E-state index >= 15 is 0 Å². The molecule has 5 heteroatoms. The fraction of sp³-hybridized carbons (Fsp3) is 0.432. The summed E-state index contributed by atoms with van der Waals surface area (Å²) in [7, 11) is 0. The van der Waals surface area contributed by atoms with Crippen molar-refractivity contribution in [2.75, 3.05) is 13.2 Å². The van der Waals surface area contributed by atoms with Crippen molar-refractivity contribution in [2.45, 2.75) is 90.9 Å². The van der Waals surface area contributed by atoms with E-state index in [4.69, 9.17) is 9.47 Å². The van der Waals surface area contributed by atoms with Crippen LogP contribution in [-0.4, -0.2) is 30.9 Å². The molecule has 2 aromatic carbocycles. The largest absolute Gasteiger partial charge is 0.462 e. The molecule has 2 aromatic rings. The van der Waals surface area contributed by atoms with Gasteiger partial charge in [0.25, 0.3) is 0 Å². The van der Waals surface area contributed by atoms with Gasteiger partial charge in [0.15, 0.2) is 5.78 Å². The summed E-state index contributed by atoms with van der Waals surface area (Å²) in [6, 6.07) is 14.8. The van der Waals surface area contributed by atoms with E-state index in [9.17, 15) is 14.4 Å². The van der Waals surface area contributed by atoms with Gasteiger partial charge in [0.2, 0.25) is 0 Å². The van der Waals surface area contributed by atoms with E-state index in [0.29, 0.717) is 24.3 Å². The Labute approximate surface area is 251 Å². The number of benzene rings is 2. The van der Waals surface area contributed by atoms with Crippen LogP contribution in [0.1, 0.15) is 123 Å². The van der Waals surface area contributed by atoms with Crippen LogP contribution < -0.4 is 0 Å². The minimum atomic E-state index is -0.444. The van der Waals surface area contributed by atoms with E-state index in [0.717, 1.165) is 42.4 Å². The van der Waals surface area contributed by atoms with Crippen molar-refractivity contribution in [2.24, 2.45) is 0 Å². The molecule has 0 spiro atoms. The molecule has 0 unspecified atom stereocenters. The average Bonchev–Trinajstić information content (AvgIpc) is 3.40. The molecule has 224 valence electrons. The highest BCUT2D eigenvalue weighted by atomic mass is 16.5. The highest BCUT2D eigenvalue weighted by Gasteiger charge is 2.23. The summed E-state index contributed by atoms with van der Waals surface area (Å²) in [4.78, 5) is 36.3. The second-order valence-electron chi connectivity index (χ2n) is 10.8. The van der Waals surface area contributed by atoms with Crippen molar-refractivity contribution in [3.8, 4) is 0 Å². The lowest BCUT2D eigenvalue weighted by molar-refractivity contribution is -0.110. The van der Waals surface area contributed by atoms with Gasteiger partial charge in [-0.1, -0.05) is 127 Å². The molecule has 0 aromatic heterocycles. The van der Waals surface area contributed by atoms with Crippen LogP contribution in [0.4, 0.5) is 0 Å². The highest BCUT2D eigenvalue weighted by Crippen LogP contribution is 2.37. The van der Waals surface area contributed by atoms with E-state index in [-0.39, 0.29) is 5.78 Å². The predicted octanol–water partition coefficient (Wildman–Crippen LogP) is 9.33. The fourth-order valence-corrected chi connectivity index (χ4v) is 5.04. The Morgan fingerprint density at radius 1 is 0.619 bits per heavy atom. The average molecular weight is 571 g/mol. The first kappa shape index (κ1) is 32.8. The lowest BCUT2D eigenvalue weighted by Gasteiger charge is -2.10. The number of unbranched alkanes of at least 4 members (excludes halogenated alkanes) is 10. The monoisotopic (exact) mass is 570 g/mol. The second-order valence-corrected chi connectivity index (χ2v) is 10.8. The molecule has 2 aliphatic rings. The predicted molar refractivity (Wildman–Crippen MR) is 170 cm³/mol. The van der Waals surface area contributed by atoms with Crippen LogP contribution in [0.25, 0.3) is 11.6 Å². The van der Waals surface area contributed by atoms with Crippen molar-refractivity contribution >= 4 is 29.4 Å². The minimum absolute atomic E-state index is 0.110. The Morgan fingerprint density at radius 2 is 1.12 bits per heavy atom. The number of carbonyl (C=O) groups is 3. The molecule has 0 fully saturated rings. The maximum atomic E-state index is 12.4. The quantitative estimate of drug-likeness (QED) is 0.149. The van der Waals surface area contributed by atoms with Crippen LogP contribution >= 0.6 is 0 Å². The van der Waals surface area contributed by atoms with Gasteiger partial charge >= 0.3 is 11.9 Å². The van der Waals surface area contributed by atoms with Gasteiger partial charge in [0, 0.05) is 5.57 Å². The van der Waals surface area contributed by atoms with Crippen molar-refractivity contribution in [1.82, 2.24) is 0 Å². The Balaban J connectivity index is 0.000000283. The van der Waals surface area contributed by atoms with E-state index in [2.05, 4.69) is 19.9 Å². The summed E-state index contributed by atoms with van der Waals surface area (Å²) in [6.45, 7) is 5.17. The summed E-state index contributed by atoms with van der Waals surface area (Å²) >= 11 is 0. The number of fused-ring (bicyclic) bond motifs is 3. The maximum absolute atomic E-state index is 12.4.